The summed E-state index contributed by atoms with van der Waals surface area (Å²) in [6.45, 7) is 3.18. The van der Waals surface area contributed by atoms with Crippen LogP contribution in [0.3, 0.4) is 0 Å². The van der Waals surface area contributed by atoms with Crippen molar-refractivity contribution < 1.29 is 14.7 Å². The van der Waals surface area contributed by atoms with Crippen LogP contribution < -0.4 is 10.1 Å². The maximum Gasteiger partial charge on any atom is 0.341 e. The van der Waals surface area contributed by atoms with Crippen molar-refractivity contribution in [3.05, 3.63) is 70.2 Å². The molecule has 2 aromatic carbocycles. The van der Waals surface area contributed by atoms with Gasteiger partial charge < -0.3 is 10.1 Å². The fraction of sp³-hybridized carbons (Fsp3) is 0.333. The average molecular weight is 474 g/mol. The number of unbranched alkanes of at least 4 members (excludes halogenated alkanes) is 3. The highest BCUT2D eigenvalue weighted by Gasteiger charge is 2.11. The second-order valence-corrected chi connectivity index (χ2v) is 8.73. The predicted octanol–water partition coefficient (Wildman–Crippen LogP) is 6.52. The maximum absolute atomic E-state index is 12.0. The van der Waals surface area contributed by atoms with Gasteiger partial charge in [-0.25, -0.2) is 14.8 Å². The third kappa shape index (κ3) is 7.51. The van der Waals surface area contributed by atoms with Gasteiger partial charge in [0.05, 0.1) is 12.2 Å². The zero-order chi connectivity index (χ0) is 22.8. The second kappa shape index (κ2) is 12.4. The number of halogens is 1. The summed E-state index contributed by atoms with van der Waals surface area (Å²) in [7, 11) is 0. The molecule has 0 aliphatic heterocycles. The van der Waals surface area contributed by atoms with Crippen LogP contribution in [0.25, 0.3) is 10.6 Å². The third-order valence-electron chi connectivity index (χ3n) is 4.83. The molecule has 0 aliphatic rings. The lowest BCUT2D eigenvalue weighted by Gasteiger charge is -2.16. The van der Waals surface area contributed by atoms with Gasteiger partial charge in [-0.3, -0.25) is 5.21 Å². The second-order valence-electron chi connectivity index (χ2n) is 7.43. The van der Waals surface area contributed by atoms with Crippen LogP contribution in [0.4, 0.5) is 4.79 Å². The fourth-order valence-electron chi connectivity index (χ4n) is 3.03. The number of thiazole rings is 1. The van der Waals surface area contributed by atoms with Crippen molar-refractivity contribution in [1.82, 2.24) is 15.4 Å². The summed E-state index contributed by atoms with van der Waals surface area (Å²) in [5.74, 6) is 0.694. The highest BCUT2D eigenvalue weighted by molar-refractivity contribution is 7.13. The summed E-state index contributed by atoms with van der Waals surface area (Å²) >= 11 is 7.50. The molecule has 0 atom stereocenters. The van der Waals surface area contributed by atoms with Crippen molar-refractivity contribution in [1.29, 1.82) is 0 Å². The molecule has 0 radical (unpaired) electrons. The first-order chi connectivity index (χ1) is 15.5. The minimum Gasteiger partial charge on any atom is -0.487 e. The molecule has 0 saturated heterocycles. The lowest BCUT2D eigenvalue weighted by molar-refractivity contribution is -0.0507. The minimum atomic E-state index is -0.484. The smallest absolute Gasteiger partial charge is 0.341 e. The van der Waals surface area contributed by atoms with Crippen LogP contribution in [0.5, 0.6) is 5.75 Å². The Hall–Kier alpha value is -2.61. The van der Waals surface area contributed by atoms with Gasteiger partial charge in [0.2, 0.25) is 0 Å². The van der Waals surface area contributed by atoms with Gasteiger partial charge >= 0.3 is 6.03 Å². The molecule has 1 heterocycles. The molecule has 8 heteroatoms. The number of urea groups is 1. The summed E-state index contributed by atoms with van der Waals surface area (Å²) in [5.41, 5.74) is 2.68. The van der Waals surface area contributed by atoms with Crippen LogP contribution in [0.1, 0.15) is 43.9 Å². The summed E-state index contributed by atoms with van der Waals surface area (Å²) in [6, 6.07) is 14.4. The van der Waals surface area contributed by atoms with Crippen molar-refractivity contribution in [2.45, 2.75) is 45.8 Å². The number of hydrogen-bond donors (Lipinski definition) is 2. The van der Waals surface area contributed by atoms with E-state index in [0.29, 0.717) is 29.0 Å². The Balaban J connectivity index is 1.43. The first-order valence-corrected chi connectivity index (χ1v) is 12.0. The number of aromatic nitrogens is 1. The van der Waals surface area contributed by atoms with Crippen LogP contribution in [0.15, 0.2) is 53.9 Å². The molecule has 0 bridgehead atoms. The van der Waals surface area contributed by atoms with E-state index in [2.05, 4.69) is 17.2 Å². The number of nitrogens with zero attached hydrogens (tertiary/aromatic N) is 2. The standard InChI is InChI=1S/C24H28ClN3O3S/c1-2-3-4-5-14-26-24(29)28(30)15-18-6-12-22(13-7-18)31-16-21-17-32-23(27-21)19-8-10-20(25)11-9-19/h6-13,17,30H,2-5,14-16H2,1H3,(H,26,29). The van der Waals surface area contributed by atoms with E-state index in [4.69, 9.17) is 16.3 Å². The van der Waals surface area contributed by atoms with Crippen LogP contribution in [0, 0.1) is 0 Å². The molecule has 2 N–H and O–H groups in total. The third-order valence-corrected chi connectivity index (χ3v) is 6.02. The van der Waals surface area contributed by atoms with Gasteiger partial charge in [0.25, 0.3) is 0 Å². The van der Waals surface area contributed by atoms with E-state index in [1.807, 2.05) is 53.9 Å². The SMILES string of the molecule is CCCCCCNC(=O)N(O)Cc1ccc(OCc2csc(-c3ccc(Cl)cc3)n2)cc1. The van der Waals surface area contributed by atoms with Crippen molar-refractivity contribution in [3.8, 4) is 16.3 Å². The number of hydroxylamine groups is 2. The van der Waals surface area contributed by atoms with E-state index in [1.54, 1.807) is 11.3 Å². The topological polar surface area (TPSA) is 74.7 Å². The summed E-state index contributed by atoms with van der Waals surface area (Å²) in [6.07, 6.45) is 4.29. The zero-order valence-electron chi connectivity index (χ0n) is 18.1. The Morgan fingerprint density at radius 2 is 1.88 bits per heavy atom. The number of rotatable bonds is 11. The highest BCUT2D eigenvalue weighted by atomic mass is 35.5. The molecule has 3 rings (SSSR count). The molecule has 0 unspecified atom stereocenters. The predicted molar refractivity (Wildman–Crippen MR) is 128 cm³/mol. The lowest BCUT2D eigenvalue weighted by atomic mass is 10.2. The Bertz CT molecular complexity index is 977. The Labute approximate surface area is 197 Å². The van der Waals surface area contributed by atoms with Crippen molar-refractivity contribution >= 4 is 29.0 Å². The van der Waals surface area contributed by atoms with Gasteiger partial charge in [-0.05, 0) is 36.2 Å². The van der Waals surface area contributed by atoms with Gasteiger partial charge in [0, 0.05) is 22.5 Å². The number of hydrogen-bond acceptors (Lipinski definition) is 5. The van der Waals surface area contributed by atoms with Gasteiger partial charge in [0.15, 0.2) is 0 Å². The molecular formula is C24H28ClN3O3S. The molecule has 0 fully saturated rings. The monoisotopic (exact) mass is 473 g/mol. The Morgan fingerprint density at radius 3 is 2.59 bits per heavy atom. The number of benzene rings is 2. The van der Waals surface area contributed by atoms with E-state index in [-0.39, 0.29) is 6.54 Å². The van der Waals surface area contributed by atoms with E-state index in [1.165, 1.54) is 0 Å². The molecule has 6 nitrogen and oxygen atoms in total. The van der Waals surface area contributed by atoms with Crippen molar-refractivity contribution in [2.24, 2.45) is 0 Å². The first-order valence-electron chi connectivity index (χ1n) is 10.7. The largest absolute Gasteiger partial charge is 0.487 e. The minimum absolute atomic E-state index is 0.109. The molecule has 2 amide bonds. The molecule has 0 saturated carbocycles. The number of carbonyl (C=O) groups is 1. The van der Waals surface area contributed by atoms with E-state index < -0.39 is 6.03 Å². The number of carbonyl (C=O) groups excluding carboxylic acids is 1. The van der Waals surface area contributed by atoms with Crippen LogP contribution in [0.2, 0.25) is 5.02 Å². The first kappa shape index (κ1) is 24.0. The van der Waals surface area contributed by atoms with Crippen LogP contribution >= 0.6 is 22.9 Å². The summed E-state index contributed by atoms with van der Waals surface area (Å²) < 4.78 is 5.82. The maximum atomic E-state index is 12.0. The molecule has 0 aliphatic carbocycles. The molecule has 32 heavy (non-hydrogen) atoms. The Kier molecular flexibility index (Phi) is 9.34. The zero-order valence-corrected chi connectivity index (χ0v) is 19.7. The van der Waals surface area contributed by atoms with Crippen molar-refractivity contribution in [3.63, 3.8) is 0 Å². The van der Waals surface area contributed by atoms with Gasteiger partial charge in [-0.1, -0.05) is 62.1 Å². The van der Waals surface area contributed by atoms with Crippen molar-refractivity contribution in [2.75, 3.05) is 6.54 Å². The fourth-order valence-corrected chi connectivity index (χ4v) is 3.97. The lowest BCUT2D eigenvalue weighted by Crippen LogP contribution is -2.37. The summed E-state index contributed by atoms with van der Waals surface area (Å²) in [4.78, 5) is 16.6. The molecule has 1 aromatic heterocycles. The quantitative estimate of drug-likeness (QED) is 0.189. The number of nitrogens with one attached hydrogen (secondary N) is 1. The van der Waals surface area contributed by atoms with Crippen LogP contribution in [-0.4, -0.2) is 27.8 Å². The van der Waals surface area contributed by atoms with Gasteiger partial charge in [0.1, 0.15) is 17.4 Å². The van der Waals surface area contributed by atoms with E-state index in [9.17, 15) is 10.0 Å². The summed E-state index contributed by atoms with van der Waals surface area (Å²) in [5, 5.41) is 17.0. The van der Waals surface area contributed by atoms with Gasteiger partial charge in [-0.15, -0.1) is 11.3 Å². The number of amides is 2. The highest BCUT2D eigenvalue weighted by Crippen LogP contribution is 2.25. The van der Waals surface area contributed by atoms with Gasteiger partial charge in [-0.2, -0.15) is 0 Å². The average Bonchev–Trinajstić information content (AvgIpc) is 3.28. The Morgan fingerprint density at radius 1 is 1.12 bits per heavy atom. The molecule has 3 aromatic rings. The molecule has 0 spiro atoms. The van der Waals surface area contributed by atoms with E-state index >= 15 is 0 Å². The molecular weight excluding hydrogens is 446 g/mol. The number of ether oxygens (including phenoxy) is 1. The normalized spacial score (nSPS) is 10.7. The van der Waals surface area contributed by atoms with E-state index in [0.717, 1.165) is 47.5 Å². The van der Waals surface area contributed by atoms with Crippen LogP contribution in [-0.2, 0) is 13.2 Å². The molecule has 170 valence electrons.